The summed E-state index contributed by atoms with van der Waals surface area (Å²) < 4.78 is 6.04. The largest absolute Gasteiger partial charge is 0.364 e. The van der Waals surface area contributed by atoms with Gasteiger partial charge in [-0.1, -0.05) is 30.3 Å². The summed E-state index contributed by atoms with van der Waals surface area (Å²) in [5, 5.41) is 0. The number of ether oxygens (including phenoxy) is 1. The number of hydrogen-bond acceptors (Lipinski definition) is 3. The lowest BCUT2D eigenvalue weighted by Crippen LogP contribution is -2.43. The van der Waals surface area contributed by atoms with Gasteiger partial charge < -0.3 is 14.5 Å². The molecule has 2 fully saturated rings. The van der Waals surface area contributed by atoms with Crippen LogP contribution < -0.4 is 0 Å². The monoisotopic (exact) mass is 302 g/mol. The number of likely N-dealkylation sites (tertiary alicyclic amines) is 1. The molecule has 0 aromatic heterocycles. The van der Waals surface area contributed by atoms with Crippen molar-refractivity contribution in [2.24, 2.45) is 5.92 Å². The summed E-state index contributed by atoms with van der Waals surface area (Å²) in [4.78, 5) is 16.2. The minimum absolute atomic E-state index is 0.116. The van der Waals surface area contributed by atoms with E-state index in [-0.39, 0.29) is 18.1 Å². The first kappa shape index (κ1) is 15.5. The minimum Gasteiger partial charge on any atom is -0.364 e. The molecular formula is C18H26N2O2. The average Bonchev–Trinajstić information content (AvgIpc) is 2.96. The highest BCUT2D eigenvalue weighted by Gasteiger charge is 2.42. The van der Waals surface area contributed by atoms with Gasteiger partial charge in [0, 0.05) is 27.2 Å². The quantitative estimate of drug-likeness (QED) is 0.850. The Bertz CT molecular complexity index is 503. The van der Waals surface area contributed by atoms with Crippen LogP contribution in [0.15, 0.2) is 30.3 Å². The lowest BCUT2D eigenvalue weighted by atomic mass is 9.91. The molecule has 3 rings (SSSR count). The van der Waals surface area contributed by atoms with Crippen molar-refractivity contribution < 1.29 is 9.53 Å². The molecule has 2 aliphatic heterocycles. The fraction of sp³-hybridized carbons (Fsp3) is 0.611. The highest BCUT2D eigenvalue weighted by molar-refractivity contribution is 5.80. The highest BCUT2D eigenvalue weighted by Crippen LogP contribution is 2.33. The number of benzene rings is 1. The van der Waals surface area contributed by atoms with Crippen molar-refractivity contribution in [3.05, 3.63) is 35.9 Å². The van der Waals surface area contributed by atoms with E-state index in [1.54, 1.807) is 19.0 Å². The number of rotatable bonds is 4. The Morgan fingerprint density at radius 2 is 2.09 bits per heavy atom. The molecule has 120 valence electrons. The summed E-state index contributed by atoms with van der Waals surface area (Å²) in [5.41, 5.74) is 1.39. The van der Waals surface area contributed by atoms with Gasteiger partial charge in [-0.25, -0.2) is 0 Å². The van der Waals surface area contributed by atoms with Gasteiger partial charge in [0.15, 0.2) is 0 Å². The Kier molecular flexibility index (Phi) is 4.79. The number of fused-ring (bicyclic) bond motifs is 1. The Morgan fingerprint density at radius 3 is 2.82 bits per heavy atom. The molecule has 0 aliphatic carbocycles. The third kappa shape index (κ3) is 3.50. The first-order chi connectivity index (χ1) is 10.6. The normalized spacial score (nSPS) is 28.4. The van der Waals surface area contributed by atoms with Crippen molar-refractivity contribution in [3.8, 4) is 0 Å². The van der Waals surface area contributed by atoms with E-state index in [1.165, 1.54) is 5.56 Å². The number of nitrogens with zero attached hydrogens (tertiary/aromatic N) is 2. The van der Waals surface area contributed by atoms with E-state index < -0.39 is 0 Å². The lowest BCUT2D eigenvalue weighted by Gasteiger charge is -2.34. The van der Waals surface area contributed by atoms with Crippen LogP contribution in [0, 0.1) is 5.92 Å². The van der Waals surface area contributed by atoms with Gasteiger partial charge in [-0.05, 0) is 37.3 Å². The first-order valence-electron chi connectivity index (χ1n) is 8.26. The maximum absolute atomic E-state index is 12.1. The van der Waals surface area contributed by atoms with E-state index in [0.29, 0.717) is 5.92 Å². The first-order valence-corrected chi connectivity index (χ1v) is 8.26. The number of carbonyl (C=O) groups excluding carboxylic acids is 1. The van der Waals surface area contributed by atoms with Gasteiger partial charge in [0.25, 0.3) is 5.91 Å². The van der Waals surface area contributed by atoms with Gasteiger partial charge in [0.05, 0.1) is 6.10 Å². The molecule has 1 aromatic rings. The molecule has 2 aliphatic rings. The summed E-state index contributed by atoms with van der Waals surface area (Å²) in [6.07, 6.45) is 3.14. The zero-order valence-corrected chi connectivity index (χ0v) is 13.6. The zero-order chi connectivity index (χ0) is 15.5. The average molecular weight is 302 g/mol. The number of hydrogen-bond donors (Lipinski definition) is 0. The summed E-state index contributed by atoms with van der Waals surface area (Å²) in [6, 6.07) is 10.6. The van der Waals surface area contributed by atoms with Gasteiger partial charge in [-0.15, -0.1) is 0 Å². The molecule has 0 N–H and O–H groups in total. The molecule has 0 radical (unpaired) electrons. The van der Waals surface area contributed by atoms with Crippen LogP contribution in [0.25, 0.3) is 0 Å². The van der Waals surface area contributed by atoms with Crippen molar-refractivity contribution in [2.75, 3.05) is 33.7 Å². The van der Waals surface area contributed by atoms with Crippen molar-refractivity contribution in [2.45, 2.75) is 31.5 Å². The van der Waals surface area contributed by atoms with E-state index in [0.717, 1.165) is 38.9 Å². The van der Waals surface area contributed by atoms with Crippen LogP contribution in [0.1, 0.15) is 18.4 Å². The minimum atomic E-state index is -0.223. The highest BCUT2D eigenvalue weighted by atomic mass is 16.5. The third-order valence-corrected chi connectivity index (χ3v) is 4.91. The predicted molar refractivity (Wildman–Crippen MR) is 86.7 cm³/mol. The summed E-state index contributed by atoms with van der Waals surface area (Å²) in [5.74, 6) is 0.673. The van der Waals surface area contributed by atoms with Gasteiger partial charge in [0.2, 0.25) is 0 Å². The van der Waals surface area contributed by atoms with Gasteiger partial charge in [0.1, 0.15) is 6.10 Å². The van der Waals surface area contributed by atoms with Crippen LogP contribution in [-0.4, -0.2) is 61.6 Å². The fourth-order valence-corrected chi connectivity index (χ4v) is 3.58. The SMILES string of the molecule is CN(C)C(=O)[C@H]1C[C@@H]2CCN(CCc3ccccc3)C[C@@H]2O1. The van der Waals surface area contributed by atoms with Gasteiger partial charge in [-0.2, -0.15) is 0 Å². The second-order valence-electron chi connectivity index (χ2n) is 6.72. The fourth-order valence-electron chi connectivity index (χ4n) is 3.58. The standard InChI is InChI=1S/C18H26N2O2/c1-19(2)18(21)16-12-15-9-11-20(13-17(15)22-16)10-8-14-6-4-3-5-7-14/h3-7,15-17H,8-13H2,1-2H3/t15-,16+,17-/m0/s1. The van der Waals surface area contributed by atoms with Crippen LogP contribution >= 0.6 is 0 Å². The van der Waals surface area contributed by atoms with Crippen molar-refractivity contribution >= 4 is 5.91 Å². The van der Waals surface area contributed by atoms with Gasteiger partial charge in [-0.3, -0.25) is 4.79 Å². The van der Waals surface area contributed by atoms with E-state index in [1.807, 2.05) is 0 Å². The van der Waals surface area contributed by atoms with E-state index in [9.17, 15) is 4.79 Å². The zero-order valence-electron chi connectivity index (χ0n) is 13.6. The second kappa shape index (κ2) is 6.80. The number of likely N-dealkylation sites (N-methyl/N-ethyl adjacent to an activating group) is 1. The maximum atomic E-state index is 12.1. The molecule has 2 heterocycles. The molecule has 4 heteroatoms. The Labute approximate surface area is 133 Å². The second-order valence-corrected chi connectivity index (χ2v) is 6.72. The molecule has 4 nitrogen and oxygen atoms in total. The molecule has 0 spiro atoms. The number of piperidine rings is 1. The summed E-state index contributed by atoms with van der Waals surface area (Å²) >= 11 is 0. The van der Waals surface area contributed by atoms with Crippen LogP contribution in [0.3, 0.4) is 0 Å². The lowest BCUT2D eigenvalue weighted by molar-refractivity contribution is -0.141. The molecule has 3 atom stereocenters. The van der Waals surface area contributed by atoms with Crippen LogP contribution in [0.2, 0.25) is 0 Å². The van der Waals surface area contributed by atoms with E-state index in [4.69, 9.17) is 4.74 Å². The molecular weight excluding hydrogens is 276 g/mol. The Hall–Kier alpha value is -1.39. The van der Waals surface area contributed by atoms with Crippen molar-refractivity contribution in [3.63, 3.8) is 0 Å². The molecule has 1 amide bonds. The Balaban J connectivity index is 1.50. The Morgan fingerprint density at radius 1 is 1.32 bits per heavy atom. The van der Waals surface area contributed by atoms with Crippen LogP contribution in [0.5, 0.6) is 0 Å². The summed E-state index contributed by atoms with van der Waals surface area (Å²) in [6.45, 7) is 3.16. The van der Waals surface area contributed by atoms with Crippen molar-refractivity contribution in [1.82, 2.24) is 9.80 Å². The van der Waals surface area contributed by atoms with Crippen molar-refractivity contribution in [1.29, 1.82) is 0 Å². The van der Waals surface area contributed by atoms with Crippen LogP contribution in [-0.2, 0) is 16.0 Å². The van der Waals surface area contributed by atoms with E-state index >= 15 is 0 Å². The molecule has 0 bridgehead atoms. The van der Waals surface area contributed by atoms with Crippen LogP contribution in [0.4, 0.5) is 0 Å². The summed E-state index contributed by atoms with van der Waals surface area (Å²) in [7, 11) is 3.61. The van der Waals surface area contributed by atoms with E-state index in [2.05, 4.69) is 35.2 Å². The number of amides is 1. The molecule has 2 saturated heterocycles. The molecule has 0 unspecified atom stereocenters. The maximum Gasteiger partial charge on any atom is 0.251 e. The molecule has 22 heavy (non-hydrogen) atoms. The topological polar surface area (TPSA) is 32.8 Å². The molecule has 0 saturated carbocycles. The predicted octanol–water partition coefficient (Wildman–Crippen LogP) is 1.80. The number of carbonyl (C=O) groups is 1. The smallest absolute Gasteiger partial charge is 0.251 e. The van der Waals surface area contributed by atoms with Gasteiger partial charge >= 0.3 is 0 Å². The molecule has 1 aromatic carbocycles. The third-order valence-electron chi connectivity index (χ3n) is 4.91.